The van der Waals surface area contributed by atoms with Crippen LogP contribution in [0.2, 0.25) is 0 Å². The molecule has 1 aromatic heterocycles. The third kappa shape index (κ3) is 4.02. The number of carboxylic acid groups (broad SMARTS) is 1. The lowest BCUT2D eigenvalue weighted by molar-refractivity contribution is 0.0696. The Hall–Kier alpha value is -1.58. The van der Waals surface area contributed by atoms with Crippen LogP contribution >= 0.6 is 0 Å². The Labute approximate surface area is 108 Å². The van der Waals surface area contributed by atoms with E-state index >= 15 is 0 Å². The first-order chi connectivity index (χ1) is 8.34. The van der Waals surface area contributed by atoms with Gasteiger partial charge in [-0.2, -0.15) is 0 Å². The summed E-state index contributed by atoms with van der Waals surface area (Å²) in [5.74, 6) is -0.269. The molecule has 0 fully saturated rings. The van der Waals surface area contributed by atoms with E-state index in [2.05, 4.69) is 17.2 Å². The van der Waals surface area contributed by atoms with E-state index in [1.807, 2.05) is 20.8 Å². The molecule has 4 nitrogen and oxygen atoms in total. The van der Waals surface area contributed by atoms with Crippen LogP contribution in [0.3, 0.4) is 0 Å². The molecule has 0 aromatic carbocycles. The molecule has 1 rings (SSSR count). The van der Waals surface area contributed by atoms with E-state index in [1.165, 1.54) is 0 Å². The van der Waals surface area contributed by atoms with E-state index in [0.717, 1.165) is 25.1 Å². The van der Waals surface area contributed by atoms with Gasteiger partial charge in [0, 0.05) is 17.7 Å². The Morgan fingerprint density at radius 2 is 2.06 bits per heavy atom. The standard InChI is InChI=1S/C14H22N2O2/c1-5-6-7-15-12-9-10(13(17)18)8-11(16-12)14(2,3)4/h8-9H,5-7H2,1-4H3,(H,15,16)(H,17,18). The predicted octanol–water partition coefficient (Wildman–Crippen LogP) is 3.29. The van der Waals surface area contributed by atoms with Gasteiger partial charge in [-0.3, -0.25) is 0 Å². The van der Waals surface area contributed by atoms with Gasteiger partial charge in [0.2, 0.25) is 0 Å². The van der Waals surface area contributed by atoms with Crippen molar-refractivity contribution in [1.29, 1.82) is 0 Å². The number of anilines is 1. The summed E-state index contributed by atoms with van der Waals surface area (Å²) in [4.78, 5) is 15.6. The van der Waals surface area contributed by atoms with E-state index < -0.39 is 5.97 Å². The van der Waals surface area contributed by atoms with Gasteiger partial charge < -0.3 is 10.4 Å². The van der Waals surface area contributed by atoms with Gasteiger partial charge in [0.1, 0.15) is 5.82 Å². The lowest BCUT2D eigenvalue weighted by atomic mass is 9.91. The highest BCUT2D eigenvalue weighted by atomic mass is 16.4. The van der Waals surface area contributed by atoms with Crippen LogP contribution in [-0.2, 0) is 5.41 Å². The number of nitrogens with zero attached hydrogens (tertiary/aromatic N) is 1. The van der Waals surface area contributed by atoms with Crippen molar-refractivity contribution in [2.75, 3.05) is 11.9 Å². The molecule has 100 valence electrons. The van der Waals surface area contributed by atoms with Crippen molar-refractivity contribution in [3.8, 4) is 0 Å². The molecule has 18 heavy (non-hydrogen) atoms. The molecule has 1 heterocycles. The van der Waals surface area contributed by atoms with E-state index in [0.29, 0.717) is 5.82 Å². The second kappa shape index (κ2) is 5.85. The maximum atomic E-state index is 11.1. The van der Waals surface area contributed by atoms with Crippen LogP contribution in [0.15, 0.2) is 12.1 Å². The molecular formula is C14H22N2O2. The highest BCUT2D eigenvalue weighted by Crippen LogP contribution is 2.23. The number of carboxylic acids is 1. The lowest BCUT2D eigenvalue weighted by Crippen LogP contribution is -2.16. The first-order valence-electron chi connectivity index (χ1n) is 6.34. The van der Waals surface area contributed by atoms with E-state index in [-0.39, 0.29) is 11.0 Å². The summed E-state index contributed by atoms with van der Waals surface area (Å²) in [5.41, 5.74) is 0.919. The highest BCUT2D eigenvalue weighted by Gasteiger charge is 2.18. The van der Waals surface area contributed by atoms with Gasteiger partial charge >= 0.3 is 5.97 Å². The molecule has 0 atom stereocenters. The zero-order valence-corrected chi connectivity index (χ0v) is 11.6. The smallest absolute Gasteiger partial charge is 0.335 e. The highest BCUT2D eigenvalue weighted by molar-refractivity contribution is 5.88. The predicted molar refractivity (Wildman–Crippen MR) is 73.3 cm³/mol. The average Bonchev–Trinajstić information content (AvgIpc) is 2.28. The van der Waals surface area contributed by atoms with Crippen LogP contribution in [0, 0.1) is 0 Å². The number of pyridine rings is 1. The van der Waals surface area contributed by atoms with Gasteiger partial charge in [0.15, 0.2) is 0 Å². The maximum absolute atomic E-state index is 11.1. The van der Waals surface area contributed by atoms with Crippen molar-refractivity contribution >= 4 is 11.8 Å². The summed E-state index contributed by atoms with van der Waals surface area (Å²) in [6.07, 6.45) is 2.14. The summed E-state index contributed by atoms with van der Waals surface area (Å²) in [6.45, 7) is 9.00. The third-order valence-electron chi connectivity index (χ3n) is 2.68. The van der Waals surface area contributed by atoms with Gasteiger partial charge in [-0.05, 0) is 18.6 Å². The zero-order chi connectivity index (χ0) is 13.8. The molecule has 0 aliphatic heterocycles. The van der Waals surface area contributed by atoms with Crippen LogP contribution < -0.4 is 5.32 Å². The molecule has 0 amide bonds. The van der Waals surface area contributed by atoms with Crippen molar-refractivity contribution in [2.24, 2.45) is 0 Å². The summed E-state index contributed by atoms with van der Waals surface area (Å²) < 4.78 is 0. The van der Waals surface area contributed by atoms with Gasteiger partial charge in [-0.15, -0.1) is 0 Å². The van der Waals surface area contributed by atoms with E-state index in [1.54, 1.807) is 12.1 Å². The summed E-state index contributed by atoms with van der Waals surface area (Å²) in [6, 6.07) is 3.24. The SMILES string of the molecule is CCCCNc1cc(C(=O)O)cc(C(C)(C)C)n1. The fraction of sp³-hybridized carbons (Fsp3) is 0.571. The van der Waals surface area contributed by atoms with Crippen LogP contribution in [-0.4, -0.2) is 22.6 Å². The number of nitrogens with one attached hydrogen (secondary N) is 1. The number of rotatable bonds is 5. The molecule has 0 bridgehead atoms. The number of aromatic carboxylic acids is 1. The number of aromatic nitrogens is 1. The largest absolute Gasteiger partial charge is 0.478 e. The number of hydrogen-bond acceptors (Lipinski definition) is 3. The number of carbonyl (C=O) groups is 1. The fourth-order valence-electron chi connectivity index (χ4n) is 1.52. The molecule has 0 aliphatic carbocycles. The fourth-order valence-corrected chi connectivity index (χ4v) is 1.52. The minimum atomic E-state index is -0.915. The van der Waals surface area contributed by atoms with E-state index in [4.69, 9.17) is 5.11 Å². The second-order valence-corrected chi connectivity index (χ2v) is 5.46. The zero-order valence-electron chi connectivity index (χ0n) is 11.6. The van der Waals surface area contributed by atoms with Crippen LogP contribution in [0.5, 0.6) is 0 Å². The minimum Gasteiger partial charge on any atom is -0.478 e. The van der Waals surface area contributed by atoms with Crippen LogP contribution in [0.4, 0.5) is 5.82 Å². The van der Waals surface area contributed by atoms with Gasteiger partial charge in [0.25, 0.3) is 0 Å². The Morgan fingerprint density at radius 1 is 1.39 bits per heavy atom. The Balaban J connectivity index is 3.03. The third-order valence-corrected chi connectivity index (χ3v) is 2.68. The molecule has 4 heteroatoms. The van der Waals surface area contributed by atoms with Crippen LogP contribution in [0.25, 0.3) is 0 Å². The first kappa shape index (κ1) is 14.5. The first-order valence-corrected chi connectivity index (χ1v) is 6.34. The summed E-state index contributed by atoms with van der Waals surface area (Å²) >= 11 is 0. The van der Waals surface area contributed by atoms with Gasteiger partial charge in [-0.1, -0.05) is 34.1 Å². The molecule has 0 radical (unpaired) electrons. The van der Waals surface area contributed by atoms with Gasteiger partial charge in [0.05, 0.1) is 5.56 Å². The summed E-state index contributed by atoms with van der Waals surface area (Å²) in [5, 5.41) is 12.3. The molecule has 0 saturated carbocycles. The Morgan fingerprint density at radius 3 is 2.56 bits per heavy atom. The lowest BCUT2D eigenvalue weighted by Gasteiger charge is -2.19. The normalized spacial score (nSPS) is 11.3. The van der Waals surface area contributed by atoms with Crippen molar-refractivity contribution in [3.63, 3.8) is 0 Å². The Bertz CT molecular complexity index is 422. The topological polar surface area (TPSA) is 62.2 Å². The molecule has 0 unspecified atom stereocenters. The summed E-state index contributed by atoms with van der Waals surface area (Å²) in [7, 11) is 0. The number of unbranched alkanes of at least 4 members (excludes halogenated alkanes) is 1. The quantitative estimate of drug-likeness (QED) is 0.787. The Kier molecular flexibility index (Phi) is 4.70. The molecule has 0 saturated heterocycles. The van der Waals surface area contributed by atoms with E-state index in [9.17, 15) is 4.79 Å². The van der Waals surface area contributed by atoms with Crippen molar-refractivity contribution < 1.29 is 9.90 Å². The van der Waals surface area contributed by atoms with Crippen molar-refractivity contribution in [2.45, 2.75) is 46.0 Å². The monoisotopic (exact) mass is 250 g/mol. The minimum absolute atomic E-state index is 0.160. The molecular weight excluding hydrogens is 228 g/mol. The number of hydrogen-bond donors (Lipinski definition) is 2. The molecule has 1 aromatic rings. The van der Waals surface area contributed by atoms with Crippen molar-refractivity contribution in [3.05, 3.63) is 23.4 Å². The van der Waals surface area contributed by atoms with Crippen molar-refractivity contribution in [1.82, 2.24) is 4.98 Å². The van der Waals surface area contributed by atoms with Gasteiger partial charge in [-0.25, -0.2) is 9.78 Å². The second-order valence-electron chi connectivity index (χ2n) is 5.46. The van der Waals surface area contributed by atoms with Crippen LogP contribution in [0.1, 0.15) is 56.6 Å². The maximum Gasteiger partial charge on any atom is 0.335 e. The molecule has 2 N–H and O–H groups in total. The molecule has 0 spiro atoms. The average molecular weight is 250 g/mol. The molecule has 0 aliphatic rings.